The van der Waals surface area contributed by atoms with E-state index in [4.69, 9.17) is 10.5 Å². The molecule has 1 aromatic rings. The summed E-state index contributed by atoms with van der Waals surface area (Å²) in [6.07, 6.45) is 5.80. The zero-order valence-corrected chi connectivity index (χ0v) is 7.10. The smallest absolute Gasteiger partial charge is 0.115 e. The van der Waals surface area contributed by atoms with Crippen LogP contribution in [0, 0.1) is 0 Å². The average Bonchev–Trinajstić information content (AvgIpc) is 2.06. The molecule has 12 heavy (non-hydrogen) atoms. The molecular formula is C8H13N3O. The molecule has 0 saturated heterocycles. The van der Waals surface area contributed by atoms with Crippen LogP contribution in [0.3, 0.4) is 0 Å². The molecular weight excluding hydrogens is 154 g/mol. The Balaban J connectivity index is 2.41. The van der Waals surface area contributed by atoms with E-state index in [2.05, 4.69) is 9.97 Å². The summed E-state index contributed by atoms with van der Waals surface area (Å²) in [5, 5.41) is 0. The molecule has 1 unspecified atom stereocenters. The second kappa shape index (κ2) is 4.79. The third-order valence-corrected chi connectivity index (χ3v) is 1.49. The molecule has 4 heteroatoms. The Morgan fingerprint density at radius 3 is 2.75 bits per heavy atom. The minimum absolute atomic E-state index is 0.0287. The fraction of sp³-hybridized carbons (Fsp3) is 0.500. The number of methoxy groups -OCH3 is 1. The van der Waals surface area contributed by atoms with Crippen LogP contribution >= 0.6 is 0 Å². The van der Waals surface area contributed by atoms with Crippen LogP contribution in [-0.4, -0.2) is 29.7 Å². The molecule has 0 saturated carbocycles. The van der Waals surface area contributed by atoms with Gasteiger partial charge in [0.05, 0.1) is 6.61 Å². The summed E-state index contributed by atoms with van der Waals surface area (Å²) >= 11 is 0. The van der Waals surface area contributed by atoms with Gasteiger partial charge in [-0.25, -0.2) is 9.97 Å². The summed E-state index contributed by atoms with van der Waals surface area (Å²) in [5.74, 6) is 0. The van der Waals surface area contributed by atoms with E-state index < -0.39 is 0 Å². The number of nitrogens with two attached hydrogens (primary N) is 1. The molecule has 0 bridgehead atoms. The largest absolute Gasteiger partial charge is 0.383 e. The van der Waals surface area contributed by atoms with Gasteiger partial charge in [-0.1, -0.05) is 0 Å². The zero-order chi connectivity index (χ0) is 8.81. The first-order valence-electron chi connectivity index (χ1n) is 3.81. The van der Waals surface area contributed by atoms with Crippen molar-refractivity contribution in [2.24, 2.45) is 5.73 Å². The lowest BCUT2D eigenvalue weighted by Gasteiger charge is -2.08. The van der Waals surface area contributed by atoms with E-state index in [1.54, 1.807) is 19.5 Å². The van der Waals surface area contributed by atoms with Crippen LogP contribution in [0.1, 0.15) is 5.56 Å². The normalized spacial score (nSPS) is 12.8. The number of hydrogen-bond donors (Lipinski definition) is 1. The highest BCUT2D eigenvalue weighted by atomic mass is 16.5. The molecule has 1 heterocycles. The van der Waals surface area contributed by atoms with Crippen LogP contribution in [0.25, 0.3) is 0 Å². The van der Waals surface area contributed by atoms with Gasteiger partial charge >= 0.3 is 0 Å². The first kappa shape index (κ1) is 9.09. The van der Waals surface area contributed by atoms with Crippen molar-refractivity contribution in [3.8, 4) is 0 Å². The number of ether oxygens (including phenoxy) is 1. The Kier molecular flexibility index (Phi) is 3.63. The first-order valence-corrected chi connectivity index (χ1v) is 3.81. The lowest BCUT2D eigenvalue weighted by molar-refractivity contribution is 0.180. The fourth-order valence-electron chi connectivity index (χ4n) is 1.01. The Morgan fingerprint density at radius 2 is 2.17 bits per heavy atom. The summed E-state index contributed by atoms with van der Waals surface area (Å²) in [6.45, 7) is 0.564. The van der Waals surface area contributed by atoms with Gasteiger partial charge < -0.3 is 10.5 Å². The SMILES string of the molecule is COCC(N)Cc1cncnc1. The van der Waals surface area contributed by atoms with Crippen molar-refractivity contribution < 1.29 is 4.74 Å². The third-order valence-electron chi connectivity index (χ3n) is 1.49. The third kappa shape index (κ3) is 2.94. The molecule has 66 valence electrons. The number of hydrogen-bond acceptors (Lipinski definition) is 4. The van der Waals surface area contributed by atoms with Gasteiger partial charge in [0.15, 0.2) is 0 Å². The average molecular weight is 167 g/mol. The Bertz CT molecular complexity index is 215. The van der Waals surface area contributed by atoms with Crippen LogP contribution in [0.15, 0.2) is 18.7 Å². The number of aromatic nitrogens is 2. The minimum atomic E-state index is 0.0287. The summed E-state index contributed by atoms with van der Waals surface area (Å²) in [6, 6.07) is 0.0287. The Morgan fingerprint density at radius 1 is 1.50 bits per heavy atom. The van der Waals surface area contributed by atoms with Gasteiger partial charge in [0.1, 0.15) is 6.33 Å². The molecule has 2 N–H and O–H groups in total. The van der Waals surface area contributed by atoms with Gasteiger partial charge in [-0.3, -0.25) is 0 Å². The Hall–Kier alpha value is -1.00. The lowest BCUT2D eigenvalue weighted by Crippen LogP contribution is -2.28. The van der Waals surface area contributed by atoms with Crippen LogP contribution < -0.4 is 5.73 Å². The van der Waals surface area contributed by atoms with Crippen molar-refractivity contribution in [2.45, 2.75) is 12.5 Å². The molecule has 1 atom stereocenters. The molecule has 0 aliphatic rings. The molecule has 0 aromatic carbocycles. The number of rotatable bonds is 4. The molecule has 0 aliphatic carbocycles. The van der Waals surface area contributed by atoms with Crippen LogP contribution in [0.5, 0.6) is 0 Å². The molecule has 0 aliphatic heterocycles. The molecule has 1 aromatic heterocycles. The van der Waals surface area contributed by atoms with E-state index in [0.717, 1.165) is 12.0 Å². The maximum absolute atomic E-state index is 5.74. The molecule has 1 rings (SSSR count). The fourth-order valence-corrected chi connectivity index (χ4v) is 1.01. The highest BCUT2D eigenvalue weighted by Gasteiger charge is 2.02. The highest BCUT2D eigenvalue weighted by molar-refractivity contribution is 5.04. The monoisotopic (exact) mass is 167 g/mol. The summed E-state index contributed by atoms with van der Waals surface area (Å²) < 4.78 is 4.91. The van der Waals surface area contributed by atoms with E-state index in [1.165, 1.54) is 6.33 Å². The predicted molar refractivity (Wildman–Crippen MR) is 45.6 cm³/mol. The predicted octanol–water partition coefficient (Wildman–Crippen LogP) is -0.00720. The van der Waals surface area contributed by atoms with Gasteiger partial charge in [0.2, 0.25) is 0 Å². The van der Waals surface area contributed by atoms with E-state index in [0.29, 0.717) is 6.61 Å². The summed E-state index contributed by atoms with van der Waals surface area (Å²) in [4.78, 5) is 7.78. The second-order valence-electron chi connectivity index (χ2n) is 2.67. The van der Waals surface area contributed by atoms with E-state index in [1.807, 2.05) is 0 Å². The molecule has 0 amide bonds. The lowest BCUT2D eigenvalue weighted by atomic mass is 10.1. The maximum Gasteiger partial charge on any atom is 0.115 e. The van der Waals surface area contributed by atoms with Gasteiger partial charge in [0, 0.05) is 25.5 Å². The van der Waals surface area contributed by atoms with Crippen molar-refractivity contribution in [3.63, 3.8) is 0 Å². The van der Waals surface area contributed by atoms with Gasteiger partial charge in [-0.2, -0.15) is 0 Å². The zero-order valence-electron chi connectivity index (χ0n) is 7.10. The summed E-state index contributed by atoms with van der Waals surface area (Å²) in [5.41, 5.74) is 6.78. The van der Waals surface area contributed by atoms with Crippen LogP contribution in [0.2, 0.25) is 0 Å². The summed E-state index contributed by atoms with van der Waals surface area (Å²) in [7, 11) is 1.64. The van der Waals surface area contributed by atoms with Crippen molar-refractivity contribution in [1.82, 2.24) is 9.97 Å². The number of nitrogens with zero attached hydrogens (tertiary/aromatic N) is 2. The molecule has 0 spiro atoms. The van der Waals surface area contributed by atoms with Crippen molar-refractivity contribution in [2.75, 3.05) is 13.7 Å². The molecule has 0 radical (unpaired) electrons. The van der Waals surface area contributed by atoms with E-state index >= 15 is 0 Å². The topological polar surface area (TPSA) is 61.0 Å². The first-order chi connectivity index (χ1) is 5.83. The van der Waals surface area contributed by atoms with Gasteiger partial charge in [0.25, 0.3) is 0 Å². The Labute approximate surface area is 71.8 Å². The van der Waals surface area contributed by atoms with E-state index in [9.17, 15) is 0 Å². The standard InChI is InChI=1S/C8H13N3O/c1-12-5-8(9)2-7-3-10-6-11-4-7/h3-4,6,8H,2,5,9H2,1H3. The maximum atomic E-state index is 5.74. The molecule has 4 nitrogen and oxygen atoms in total. The van der Waals surface area contributed by atoms with Crippen LogP contribution in [-0.2, 0) is 11.2 Å². The highest BCUT2D eigenvalue weighted by Crippen LogP contribution is 1.97. The van der Waals surface area contributed by atoms with Gasteiger partial charge in [-0.05, 0) is 12.0 Å². The quantitative estimate of drug-likeness (QED) is 0.685. The van der Waals surface area contributed by atoms with Gasteiger partial charge in [-0.15, -0.1) is 0 Å². The van der Waals surface area contributed by atoms with E-state index in [-0.39, 0.29) is 6.04 Å². The van der Waals surface area contributed by atoms with Crippen molar-refractivity contribution >= 4 is 0 Å². The van der Waals surface area contributed by atoms with Crippen molar-refractivity contribution in [1.29, 1.82) is 0 Å². The second-order valence-corrected chi connectivity index (χ2v) is 2.67. The minimum Gasteiger partial charge on any atom is -0.383 e. The molecule has 0 fully saturated rings. The van der Waals surface area contributed by atoms with Crippen molar-refractivity contribution in [3.05, 3.63) is 24.3 Å². The van der Waals surface area contributed by atoms with Crippen LogP contribution in [0.4, 0.5) is 0 Å².